The summed E-state index contributed by atoms with van der Waals surface area (Å²) in [6.45, 7) is 0. The summed E-state index contributed by atoms with van der Waals surface area (Å²) >= 11 is 0. The number of nitriles is 2. The third kappa shape index (κ3) is 2.16. The molecule has 0 saturated carbocycles. The standard InChI is InChI=1S/C15H11N3/c16-8-7-11-5-6-12(9-13(11)10-17)14-3-1-2-4-15(14)18/h1-6,9H,7,18H2. The predicted molar refractivity (Wildman–Crippen MR) is 70.3 cm³/mol. The first-order valence-corrected chi connectivity index (χ1v) is 5.51. The van der Waals surface area contributed by atoms with Crippen LogP contribution < -0.4 is 5.73 Å². The molecule has 0 fully saturated rings. The highest BCUT2D eigenvalue weighted by Gasteiger charge is 2.06. The SMILES string of the molecule is N#CCc1ccc(-c2ccccc2N)cc1C#N. The lowest BCUT2D eigenvalue weighted by Gasteiger charge is -2.07. The van der Waals surface area contributed by atoms with E-state index in [1.54, 1.807) is 6.07 Å². The summed E-state index contributed by atoms with van der Waals surface area (Å²) in [6.07, 6.45) is 0.243. The highest BCUT2D eigenvalue weighted by atomic mass is 14.6. The van der Waals surface area contributed by atoms with Crippen molar-refractivity contribution in [3.8, 4) is 23.3 Å². The van der Waals surface area contributed by atoms with Crippen molar-refractivity contribution in [2.45, 2.75) is 6.42 Å². The molecule has 2 N–H and O–H groups in total. The van der Waals surface area contributed by atoms with Crippen molar-refractivity contribution < 1.29 is 0 Å². The molecular formula is C15H11N3. The van der Waals surface area contributed by atoms with E-state index in [1.165, 1.54) is 0 Å². The summed E-state index contributed by atoms with van der Waals surface area (Å²) in [6, 6.07) is 17.2. The van der Waals surface area contributed by atoms with Crippen molar-refractivity contribution >= 4 is 5.69 Å². The van der Waals surface area contributed by atoms with Crippen molar-refractivity contribution in [1.82, 2.24) is 0 Å². The number of para-hydroxylation sites is 1. The fourth-order valence-electron chi connectivity index (χ4n) is 1.85. The Morgan fingerprint density at radius 3 is 2.50 bits per heavy atom. The van der Waals surface area contributed by atoms with E-state index < -0.39 is 0 Å². The Kier molecular flexibility index (Phi) is 3.27. The third-order valence-electron chi connectivity index (χ3n) is 2.77. The van der Waals surface area contributed by atoms with Gasteiger partial charge in [0.25, 0.3) is 0 Å². The van der Waals surface area contributed by atoms with Gasteiger partial charge in [0, 0.05) is 11.3 Å². The van der Waals surface area contributed by atoms with Crippen molar-refractivity contribution in [3.05, 3.63) is 53.6 Å². The normalized spacial score (nSPS) is 9.44. The van der Waals surface area contributed by atoms with Gasteiger partial charge in [-0.2, -0.15) is 10.5 Å². The van der Waals surface area contributed by atoms with Crippen LogP contribution in [0.15, 0.2) is 42.5 Å². The van der Waals surface area contributed by atoms with E-state index >= 15 is 0 Å². The molecule has 0 atom stereocenters. The van der Waals surface area contributed by atoms with Gasteiger partial charge in [0.2, 0.25) is 0 Å². The molecule has 86 valence electrons. The Morgan fingerprint density at radius 2 is 1.83 bits per heavy atom. The first-order chi connectivity index (χ1) is 8.76. The van der Waals surface area contributed by atoms with Crippen molar-refractivity contribution in [2.75, 3.05) is 5.73 Å². The lowest BCUT2D eigenvalue weighted by molar-refractivity contribution is 1.24. The van der Waals surface area contributed by atoms with E-state index in [0.29, 0.717) is 11.3 Å². The summed E-state index contributed by atoms with van der Waals surface area (Å²) < 4.78 is 0. The van der Waals surface area contributed by atoms with Crippen LogP contribution in [-0.4, -0.2) is 0 Å². The van der Waals surface area contributed by atoms with Gasteiger partial charge in [-0.3, -0.25) is 0 Å². The number of rotatable bonds is 2. The molecule has 0 unspecified atom stereocenters. The second-order valence-electron chi connectivity index (χ2n) is 3.91. The molecule has 0 heterocycles. The van der Waals surface area contributed by atoms with Gasteiger partial charge in [-0.1, -0.05) is 30.3 Å². The minimum atomic E-state index is 0.243. The second kappa shape index (κ2) is 5.03. The van der Waals surface area contributed by atoms with E-state index in [-0.39, 0.29) is 6.42 Å². The zero-order valence-electron chi connectivity index (χ0n) is 9.72. The van der Waals surface area contributed by atoms with Crippen LogP contribution in [0.1, 0.15) is 11.1 Å². The Labute approximate surface area is 106 Å². The second-order valence-corrected chi connectivity index (χ2v) is 3.91. The molecule has 3 heteroatoms. The summed E-state index contributed by atoms with van der Waals surface area (Å²) in [4.78, 5) is 0. The lowest BCUT2D eigenvalue weighted by Crippen LogP contribution is -1.92. The van der Waals surface area contributed by atoms with Crippen LogP contribution in [0, 0.1) is 22.7 Å². The summed E-state index contributed by atoms with van der Waals surface area (Å²) in [5.41, 5.74) is 9.65. The highest BCUT2D eigenvalue weighted by molar-refractivity contribution is 5.77. The number of hydrogen-bond acceptors (Lipinski definition) is 3. The molecule has 0 aliphatic rings. The maximum atomic E-state index is 9.10. The molecule has 0 spiro atoms. The Balaban J connectivity index is 2.53. The maximum absolute atomic E-state index is 9.10. The largest absolute Gasteiger partial charge is 0.398 e. The summed E-state index contributed by atoms with van der Waals surface area (Å²) in [5, 5.41) is 17.8. The van der Waals surface area contributed by atoms with E-state index in [2.05, 4.69) is 12.1 Å². The van der Waals surface area contributed by atoms with E-state index in [4.69, 9.17) is 16.3 Å². The van der Waals surface area contributed by atoms with Crippen molar-refractivity contribution in [1.29, 1.82) is 10.5 Å². The topological polar surface area (TPSA) is 73.6 Å². The third-order valence-corrected chi connectivity index (χ3v) is 2.77. The molecule has 0 amide bonds. The molecule has 0 saturated heterocycles. The van der Waals surface area contributed by atoms with Gasteiger partial charge in [-0.25, -0.2) is 0 Å². The summed E-state index contributed by atoms with van der Waals surface area (Å²) in [5.74, 6) is 0. The van der Waals surface area contributed by atoms with Gasteiger partial charge in [-0.05, 0) is 23.3 Å². The zero-order valence-corrected chi connectivity index (χ0v) is 9.72. The number of hydrogen-bond donors (Lipinski definition) is 1. The molecule has 0 aromatic heterocycles. The van der Waals surface area contributed by atoms with E-state index in [0.717, 1.165) is 16.7 Å². The number of nitrogens with two attached hydrogens (primary N) is 1. The molecule has 3 nitrogen and oxygen atoms in total. The maximum Gasteiger partial charge on any atom is 0.0995 e. The van der Waals surface area contributed by atoms with Gasteiger partial charge >= 0.3 is 0 Å². The van der Waals surface area contributed by atoms with E-state index in [9.17, 15) is 0 Å². The van der Waals surface area contributed by atoms with Crippen LogP contribution in [-0.2, 0) is 6.42 Å². The monoisotopic (exact) mass is 233 g/mol. The Bertz CT molecular complexity index is 660. The lowest BCUT2D eigenvalue weighted by atomic mass is 9.97. The zero-order chi connectivity index (χ0) is 13.0. The highest BCUT2D eigenvalue weighted by Crippen LogP contribution is 2.27. The Morgan fingerprint density at radius 1 is 1.06 bits per heavy atom. The first-order valence-electron chi connectivity index (χ1n) is 5.51. The van der Waals surface area contributed by atoms with E-state index in [1.807, 2.05) is 36.4 Å². The first kappa shape index (κ1) is 11.7. The van der Waals surface area contributed by atoms with Crippen LogP contribution >= 0.6 is 0 Å². The van der Waals surface area contributed by atoms with Gasteiger partial charge in [0.15, 0.2) is 0 Å². The average Bonchev–Trinajstić information content (AvgIpc) is 2.40. The van der Waals surface area contributed by atoms with Crippen LogP contribution in [0.25, 0.3) is 11.1 Å². The molecule has 0 aliphatic carbocycles. The molecule has 2 aromatic carbocycles. The van der Waals surface area contributed by atoms with Gasteiger partial charge in [-0.15, -0.1) is 0 Å². The van der Waals surface area contributed by atoms with Crippen LogP contribution in [0.3, 0.4) is 0 Å². The minimum Gasteiger partial charge on any atom is -0.398 e. The number of benzene rings is 2. The molecule has 0 aliphatic heterocycles. The van der Waals surface area contributed by atoms with Crippen LogP contribution in [0.4, 0.5) is 5.69 Å². The predicted octanol–water partition coefficient (Wildman–Crippen LogP) is 2.87. The number of nitrogen functional groups attached to an aromatic ring is 1. The van der Waals surface area contributed by atoms with Crippen LogP contribution in [0.2, 0.25) is 0 Å². The number of nitrogens with zero attached hydrogens (tertiary/aromatic N) is 2. The number of anilines is 1. The van der Waals surface area contributed by atoms with Crippen molar-refractivity contribution in [2.24, 2.45) is 0 Å². The van der Waals surface area contributed by atoms with Gasteiger partial charge in [0.1, 0.15) is 0 Å². The molecule has 2 rings (SSSR count). The fourth-order valence-corrected chi connectivity index (χ4v) is 1.85. The molecule has 0 radical (unpaired) electrons. The smallest absolute Gasteiger partial charge is 0.0995 e. The van der Waals surface area contributed by atoms with Gasteiger partial charge < -0.3 is 5.73 Å². The Hall–Kier alpha value is -2.78. The molecule has 2 aromatic rings. The van der Waals surface area contributed by atoms with Crippen LogP contribution in [0.5, 0.6) is 0 Å². The average molecular weight is 233 g/mol. The van der Waals surface area contributed by atoms with Gasteiger partial charge in [0.05, 0.1) is 24.1 Å². The molecular weight excluding hydrogens is 222 g/mol. The summed E-state index contributed by atoms with van der Waals surface area (Å²) in [7, 11) is 0. The molecule has 0 bridgehead atoms. The quantitative estimate of drug-likeness (QED) is 0.810. The fraction of sp³-hybridized carbons (Fsp3) is 0.0667. The molecule has 18 heavy (non-hydrogen) atoms. The minimum absolute atomic E-state index is 0.243. The van der Waals surface area contributed by atoms with Crippen molar-refractivity contribution in [3.63, 3.8) is 0 Å².